The second-order valence-electron chi connectivity index (χ2n) is 6.22. The highest BCUT2D eigenvalue weighted by Gasteiger charge is 2.16. The highest BCUT2D eigenvalue weighted by atomic mass is 35.5. The zero-order valence-electron chi connectivity index (χ0n) is 16.0. The summed E-state index contributed by atoms with van der Waals surface area (Å²) in [5.41, 5.74) is 0.835. The lowest BCUT2D eigenvalue weighted by atomic mass is 10.3. The maximum Gasteiger partial charge on any atom is 0.234 e. The van der Waals surface area contributed by atoms with E-state index in [-0.39, 0.29) is 34.0 Å². The molecule has 0 saturated carbocycles. The lowest BCUT2D eigenvalue weighted by molar-refractivity contribution is -0.116. The standard InChI is InChI=1S/C19H15Cl4N5O2S/c1-28-14(8-15(29)24-12-6-2-4-10(20)17(12)22)26-27-19(28)31-9-16(30)25-13-7-3-5-11(21)18(13)23/h2-7H,8-9H2,1H3,(H,24,29)(H,25,30). The number of anilines is 2. The van der Waals surface area contributed by atoms with Crippen LogP contribution in [0.25, 0.3) is 0 Å². The molecule has 0 bridgehead atoms. The summed E-state index contributed by atoms with van der Waals surface area (Å²) in [5, 5.41) is 15.2. The molecule has 2 aromatic carbocycles. The van der Waals surface area contributed by atoms with Gasteiger partial charge in [-0.1, -0.05) is 70.3 Å². The average Bonchev–Trinajstić information content (AvgIpc) is 3.07. The van der Waals surface area contributed by atoms with Gasteiger partial charge in [0.15, 0.2) is 5.16 Å². The molecule has 0 aliphatic rings. The summed E-state index contributed by atoms with van der Waals surface area (Å²) < 4.78 is 1.64. The zero-order valence-corrected chi connectivity index (χ0v) is 19.8. The van der Waals surface area contributed by atoms with Crippen LogP contribution in [0, 0.1) is 0 Å². The molecule has 0 aliphatic heterocycles. The van der Waals surface area contributed by atoms with E-state index in [1.54, 1.807) is 48.0 Å². The molecule has 0 spiro atoms. The Kier molecular flexibility index (Phi) is 8.07. The van der Waals surface area contributed by atoms with Gasteiger partial charge < -0.3 is 15.2 Å². The number of thioether (sulfide) groups is 1. The van der Waals surface area contributed by atoms with E-state index in [0.29, 0.717) is 32.4 Å². The largest absolute Gasteiger partial charge is 0.324 e. The van der Waals surface area contributed by atoms with Crippen LogP contribution in [0.1, 0.15) is 5.82 Å². The third-order valence-electron chi connectivity index (χ3n) is 4.03. The van der Waals surface area contributed by atoms with Crippen LogP contribution in [-0.4, -0.2) is 32.3 Å². The summed E-state index contributed by atoms with van der Waals surface area (Å²) in [4.78, 5) is 24.6. The first kappa shape index (κ1) is 23.7. The first-order valence-corrected chi connectivity index (χ1v) is 11.2. The van der Waals surface area contributed by atoms with Gasteiger partial charge in [-0.05, 0) is 24.3 Å². The number of nitrogens with zero attached hydrogens (tertiary/aromatic N) is 3. The average molecular weight is 519 g/mol. The van der Waals surface area contributed by atoms with Crippen molar-refractivity contribution >= 4 is 81.4 Å². The van der Waals surface area contributed by atoms with Crippen molar-refractivity contribution in [2.75, 3.05) is 16.4 Å². The molecule has 2 amide bonds. The minimum absolute atomic E-state index is 0.0305. The van der Waals surface area contributed by atoms with Gasteiger partial charge in [0, 0.05) is 7.05 Å². The van der Waals surface area contributed by atoms with Gasteiger partial charge in [-0.25, -0.2) is 0 Å². The molecule has 3 aromatic rings. The van der Waals surface area contributed by atoms with E-state index in [1.165, 1.54) is 11.8 Å². The van der Waals surface area contributed by atoms with Crippen molar-refractivity contribution in [2.24, 2.45) is 7.05 Å². The lowest BCUT2D eigenvalue weighted by Crippen LogP contribution is -2.17. The second-order valence-corrected chi connectivity index (χ2v) is 8.74. The van der Waals surface area contributed by atoms with Crippen LogP contribution < -0.4 is 10.6 Å². The third kappa shape index (κ3) is 6.05. The van der Waals surface area contributed by atoms with Gasteiger partial charge in [0.2, 0.25) is 11.8 Å². The van der Waals surface area contributed by atoms with E-state index in [9.17, 15) is 9.59 Å². The predicted octanol–water partition coefficient (Wildman–Crippen LogP) is 5.34. The van der Waals surface area contributed by atoms with E-state index >= 15 is 0 Å². The number of benzene rings is 2. The molecule has 0 fully saturated rings. The molecule has 2 N–H and O–H groups in total. The highest BCUT2D eigenvalue weighted by molar-refractivity contribution is 7.99. The molecule has 0 saturated heterocycles. The molecule has 1 heterocycles. The molecular weight excluding hydrogens is 504 g/mol. The summed E-state index contributed by atoms with van der Waals surface area (Å²) in [6, 6.07) is 9.93. The number of halogens is 4. The monoisotopic (exact) mass is 517 g/mol. The van der Waals surface area contributed by atoms with Crippen LogP contribution in [0.4, 0.5) is 11.4 Å². The van der Waals surface area contributed by atoms with E-state index in [0.717, 1.165) is 0 Å². The maximum absolute atomic E-state index is 12.3. The van der Waals surface area contributed by atoms with E-state index in [2.05, 4.69) is 20.8 Å². The Labute approximate surface area is 202 Å². The molecule has 1 aromatic heterocycles. The van der Waals surface area contributed by atoms with Crippen molar-refractivity contribution in [3.8, 4) is 0 Å². The summed E-state index contributed by atoms with van der Waals surface area (Å²) in [7, 11) is 1.71. The van der Waals surface area contributed by atoms with Crippen LogP contribution in [0.2, 0.25) is 20.1 Å². The van der Waals surface area contributed by atoms with Crippen molar-refractivity contribution in [2.45, 2.75) is 11.6 Å². The minimum atomic E-state index is -0.329. The molecule has 0 unspecified atom stereocenters. The Morgan fingerprint density at radius 1 is 0.903 bits per heavy atom. The molecule has 7 nitrogen and oxygen atoms in total. The lowest BCUT2D eigenvalue weighted by Gasteiger charge is -2.09. The van der Waals surface area contributed by atoms with Crippen LogP contribution in [0.5, 0.6) is 0 Å². The number of hydrogen-bond acceptors (Lipinski definition) is 5. The molecule has 0 radical (unpaired) electrons. The predicted molar refractivity (Wildman–Crippen MR) is 126 cm³/mol. The summed E-state index contributed by atoms with van der Waals surface area (Å²) >= 11 is 25.2. The van der Waals surface area contributed by atoms with Gasteiger partial charge in [0.1, 0.15) is 5.82 Å². The van der Waals surface area contributed by atoms with Gasteiger partial charge in [-0.2, -0.15) is 0 Å². The summed E-state index contributed by atoms with van der Waals surface area (Å²) in [5.74, 6) is -0.118. The summed E-state index contributed by atoms with van der Waals surface area (Å²) in [6.45, 7) is 0. The first-order chi connectivity index (χ1) is 14.8. The Morgan fingerprint density at radius 3 is 2.03 bits per heavy atom. The van der Waals surface area contributed by atoms with Gasteiger partial charge in [-0.3, -0.25) is 9.59 Å². The van der Waals surface area contributed by atoms with Crippen molar-refractivity contribution in [1.29, 1.82) is 0 Å². The zero-order chi connectivity index (χ0) is 22.5. The smallest absolute Gasteiger partial charge is 0.234 e. The van der Waals surface area contributed by atoms with E-state index < -0.39 is 0 Å². The second kappa shape index (κ2) is 10.6. The molecule has 12 heteroatoms. The molecule has 3 rings (SSSR count). The highest BCUT2D eigenvalue weighted by Crippen LogP contribution is 2.30. The fourth-order valence-electron chi connectivity index (χ4n) is 2.48. The Balaban J connectivity index is 1.57. The number of nitrogens with one attached hydrogen (secondary N) is 2. The Bertz CT molecular complexity index is 1140. The Morgan fingerprint density at radius 2 is 1.45 bits per heavy atom. The van der Waals surface area contributed by atoms with Crippen LogP contribution in [-0.2, 0) is 23.1 Å². The van der Waals surface area contributed by atoms with E-state index in [4.69, 9.17) is 46.4 Å². The normalized spacial score (nSPS) is 10.7. The number of amides is 2. The molecule has 0 aliphatic carbocycles. The fourth-order valence-corrected chi connectivity index (χ4v) is 3.91. The molecular formula is C19H15Cl4N5O2S. The van der Waals surface area contributed by atoms with Gasteiger partial charge >= 0.3 is 0 Å². The summed E-state index contributed by atoms with van der Waals surface area (Å²) in [6.07, 6.45) is -0.0305. The minimum Gasteiger partial charge on any atom is -0.324 e. The van der Waals surface area contributed by atoms with Crippen LogP contribution in [0.15, 0.2) is 41.6 Å². The van der Waals surface area contributed by atoms with Crippen LogP contribution >= 0.6 is 58.2 Å². The quantitative estimate of drug-likeness (QED) is 0.412. The van der Waals surface area contributed by atoms with Gasteiger partial charge in [0.25, 0.3) is 0 Å². The number of rotatable bonds is 7. The van der Waals surface area contributed by atoms with Crippen molar-refractivity contribution in [3.05, 3.63) is 62.3 Å². The number of carbonyl (C=O) groups excluding carboxylic acids is 2. The molecule has 0 atom stereocenters. The van der Waals surface area contributed by atoms with Gasteiger partial charge in [0.05, 0.1) is 43.6 Å². The number of hydrogen-bond donors (Lipinski definition) is 2. The van der Waals surface area contributed by atoms with E-state index in [1.807, 2.05) is 0 Å². The maximum atomic E-state index is 12.3. The third-order valence-corrected chi connectivity index (χ3v) is 6.69. The molecule has 31 heavy (non-hydrogen) atoms. The fraction of sp³-hybridized carbons (Fsp3) is 0.158. The van der Waals surface area contributed by atoms with Crippen molar-refractivity contribution in [1.82, 2.24) is 14.8 Å². The number of aromatic nitrogens is 3. The molecule has 162 valence electrons. The van der Waals surface area contributed by atoms with Crippen molar-refractivity contribution < 1.29 is 9.59 Å². The Hall–Kier alpha value is -1.97. The van der Waals surface area contributed by atoms with Gasteiger partial charge in [-0.15, -0.1) is 10.2 Å². The van der Waals surface area contributed by atoms with Crippen molar-refractivity contribution in [3.63, 3.8) is 0 Å². The first-order valence-electron chi connectivity index (χ1n) is 8.75. The number of carbonyl (C=O) groups is 2. The topological polar surface area (TPSA) is 88.9 Å². The SMILES string of the molecule is Cn1c(CC(=O)Nc2cccc(Cl)c2Cl)nnc1SCC(=O)Nc1cccc(Cl)c1Cl. The van der Waals surface area contributed by atoms with Crippen LogP contribution in [0.3, 0.4) is 0 Å².